The van der Waals surface area contributed by atoms with Crippen LogP contribution in [0.4, 0.5) is 0 Å². The van der Waals surface area contributed by atoms with Gasteiger partial charge in [0.25, 0.3) is 0 Å². The van der Waals surface area contributed by atoms with E-state index >= 15 is 0 Å². The number of likely N-dealkylation sites (N-methyl/N-ethyl adjacent to an activating group) is 2. The van der Waals surface area contributed by atoms with Crippen molar-refractivity contribution < 1.29 is 0 Å². The van der Waals surface area contributed by atoms with Crippen LogP contribution in [0.5, 0.6) is 0 Å². The second-order valence-corrected chi connectivity index (χ2v) is 6.29. The van der Waals surface area contributed by atoms with Gasteiger partial charge in [0, 0.05) is 44.8 Å². The summed E-state index contributed by atoms with van der Waals surface area (Å²) >= 11 is 0. The van der Waals surface area contributed by atoms with Crippen LogP contribution >= 0.6 is 0 Å². The molecule has 1 aliphatic rings. The zero-order valence-corrected chi connectivity index (χ0v) is 13.4. The summed E-state index contributed by atoms with van der Waals surface area (Å²) in [6.07, 6.45) is 0. The van der Waals surface area contributed by atoms with Crippen molar-refractivity contribution in [1.29, 1.82) is 0 Å². The molecule has 1 aromatic rings. The van der Waals surface area contributed by atoms with Gasteiger partial charge in [-0.2, -0.15) is 0 Å². The summed E-state index contributed by atoms with van der Waals surface area (Å²) in [5.74, 6) is 0. The molecule has 0 saturated carbocycles. The molecule has 1 atom stereocenters. The van der Waals surface area contributed by atoms with Crippen molar-refractivity contribution >= 4 is 0 Å². The van der Waals surface area contributed by atoms with Crippen LogP contribution in [-0.2, 0) is 0 Å². The Labute approximate surface area is 124 Å². The Kier molecular flexibility index (Phi) is 5.58. The van der Waals surface area contributed by atoms with Crippen LogP contribution in [0, 0.1) is 0 Å². The minimum Gasteiger partial charge on any atom is -0.304 e. The molecule has 1 aliphatic heterocycles. The summed E-state index contributed by atoms with van der Waals surface area (Å²) in [6.45, 7) is 10.4. The summed E-state index contributed by atoms with van der Waals surface area (Å²) in [5, 5.41) is 0. The maximum atomic E-state index is 2.61. The lowest BCUT2D eigenvalue weighted by atomic mass is 10.0. The number of nitrogens with zero attached hydrogens (tertiary/aromatic N) is 3. The molecular weight excluding hydrogens is 246 g/mol. The second kappa shape index (κ2) is 7.21. The van der Waals surface area contributed by atoms with E-state index in [4.69, 9.17) is 0 Å². The van der Waals surface area contributed by atoms with Gasteiger partial charge in [0.05, 0.1) is 0 Å². The first-order valence-electron chi connectivity index (χ1n) is 7.75. The van der Waals surface area contributed by atoms with E-state index in [0.29, 0.717) is 12.1 Å². The van der Waals surface area contributed by atoms with E-state index in [0.717, 1.165) is 6.54 Å². The van der Waals surface area contributed by atoms with Crippen LogP contribution in [-0.4, -0.2) is 67.6 Å². The van der Waals surface area contributed by atoms with E-state index in [2.05, 4.69) is 73.0 Å². The Hall–Kier alpha value is -0.900. The van der Waals surface area contributed by atoms with Gasteiger partial charge in [0.2, 0.25) is 0 Å². The van der Waals surface area contributed by atoms with Crippen molar-refractivity contribution in [1.82, 2.24) is 14.7 Å². The maximum absolute atomic E-state index is 2.61. The van der Waals surface area contributed by atoms with Crippen LogP contribution < -0.4 is 0 Å². The number of hydrogen-bond acceptors (Lipinski definition) is 3. The highest BCUT2D eigenvalue weighted by molar-refractivity contribution is 5.19. The molecule has 112 valence electrons. The normalized spacial score (nSPS) is 19.7. The fourth-order valence-electron chi connectivity index (χ4n) is 2.78. The topological polar surface area (TPSA) is 9.72 Å². The molecule has 0 aromatic heterocycles. The maximum Gasteiger partial charge on any atom is 0.0474 e. The lowest BCUT2D eigenvalue weighted by Gasteiger charge is -2.39. The van der Waals surface area contributed by atoms with Gasteiger partial charge in [0.15, 0.2) is 0 Å². The van der Waals surface area contributed by atoms with Crippen molar-refractivity contribution in [2.75, 3.05) is 46.8 Å². The van der Waals surface area contributed by atoms with Crippen molar-refractivity contribution in [2.24, 2.45) is 0 Å². The fourth-order valence-corrected chi connectivity index (χ4v) is 2.78. The zero-order chi connectivity index (χ0) is 14.5. The predicted molar refractivity (Wildman–Crippen MR) is 86.0 cm³/mol. The zero-order valence-electron chi connectivity index (χ0n) is 13.4. The Morgan fingerprint density at radius 3 is 2.20 bits per heavy atom. The van der Waals surface area contributed by atoms with E-state index in [9.17, 15) is 0 Å². The molecule has 1 unspecified atom stereocenters. The van der Waals surface area contributed by atoms with E-state index in [1.54, 1.807) is 0 Å². The Balaban J connectivity index is 2.07. The van der Waals surface area contributed by atoms with Crippen LogP contribution in [0.25, 0.3) is 0 Å². The average Bonchev–Trinajstić information content (AvgIpc) is 2.47. The van der Waals surface area contributed by atoms with Crippen LogP contribution in [0.2, 0.25) is 0 Å². The molecule has 0 amide bonds. The molecule has 1 fully saturated rings. The quantitative estimate of drug-likeness (QED) is 0.816. The molecular formula is C17H29N3. The monoisotopic (exact) mass is 275 g/mol. The smallest absolute Gasteiger partial charge is 0.0474 e. The van der Waals surface area contributed by atoms with E-state index in [1.165, 1.54) is 31.7 Å². The molecule has 0 bridgehead atoms. The molecule has 1 aromatic carbocycles. The van der Waals surface area contributed by atoms with E-state index in [-0.39, 0.29) is 0 Å². The second-order valence-electron chi connectivity index (χ2n) is 6.29. The molecule has 1 saturated heterocycles. The largest absolute Gasteiger partial charge is 0.304 e. The number of benzene rings is 1. The SMILES string of the molecule is CC(C)N(C)C(CN1CCN(C)CC1)c1ccccc1. The fraction of sp³-hybridized carbons (Fsp3) is 0.647. The first-order valence-corrected chi connectivity index (χ1v) is 7.75. The third-order valence-electron chi connectivity index (χ3n) is 4.52. The average molecular weight is 275 g/mol. The summed E-state index contributed by atoms with van der Waals surface area (Å²) in [4.78, 5) is 7.52. The highest BCUT2D eigenvalue weighted by atomic mass is 15.3. The Bertz CT molecular complexity index is 382. The molecule has 3 heteroatoms. The van der Waals surface area contributed by atoms with Crippen molar-refractivity contribution in [3.8, 4) is 0 Å². The first-order chi connectivity index (χ1) is 9.58. The minimum absolute atomic E-state index is 0.486. The third-order valence-corrected chi connectivity index (χ3v) is 4.52. The molecule has 3 nitrogen and oxygen atoms in total. The summed E-state index contributed by atoms with van der Waals surface area (Å²) in [6, 6.07) is 12.0. The van der Waals surface area contributed by atoms with Gasteiger partial charge in [0.1, 0.15) is 0 Å². The minimum atomic E-state index is 0.486. The van der Waals surface area contributed by atoms with Gasteiger partial charge < -0.3 is 4.90 Å². The molecule has 0 N–H and O–H groups in total. The van der Waals surface area contributed by atoms with Gasteiger partial charge in [-0.3, -0.25) is 9.80 Å². The van der Waals surface area contributed by atoms with Crippen LogP contribution in [0.15, 0.2) is 30.3 Å². The van der Waals surface area contributed by atoms with Crippen molar-refractivity contribution in [2.45, 2.75) is 25.9 Å². The number of rotatable bonds is 5. The third kappa shape index (κ3) is 4.05. The van der Waals surface area contributed by atoms with Gasteiger partial charge in [-0.05, 0) is 33.5 Å². The number of piperazine rings is 1. The molecule has 0 radical (unpaired) electrons. The lowest BCUT2D eigenvalue weighted by molar-refractivity contribution is 0.0985. The van der Waals surface area contributed by atoms with Gasteiger partial charge in [-0.15, -0.1) is 0 Å². The van der Waals surface area contributed by atoms with Crippen molar-refractivity contribution in [3.05, 3.63) is 35.9 Å². The highest BCUT2D eigenvalue weighted by Crippen LogP contribution is 2.23. The molecule has 0 aliphatic carbocycles. The van der Waals surface area contributed by atoms with Gasteiger partial charge in [-0.1, -0.05) is 30.3 Å². The standard InChI is InChI=1S/C17H29N3/c1-15(2)19(4)17(16-8-6-5-7-9-16)14-20-12-10-18(3)11-13-20/h5-9,15,17H,10-14H2,1-4H3. The predicted octanol–water partition coefficient (Wildman–Crippen LogP) is 2.32. The highest BCUT2D eigenvalue weighted by Gasteiger charge is 2.23. The lowest BCUT2D eigenvalue weighted by Crippen LogP contribution is -2.48. The van der Waals surface area contributed by atoms with E-state index < -0.39 is 0 Å². The van der Waals surface area contributed by atoms with Gasteiger partial charge in [-0.25, -0.2) is 0 Å². The molecule has 0 spiro atoms. The van der Waals surface area contributed by atoms with Crippen LogP contribution in [0.3, 0.4) is 0 Å². The van der Waals surface area contributed by atoms with Gasteiger partial charge >= 0.3 is 0 Å². The number of hydrogen-bond donors (Lipinski definition) is 0. The molecule has 2 rings (SSSR count). The van der Waals surface area contributed by atoms with Crippen LogP contribution in [0.1, 0.15) is 25.5 Å². The molecule has 20 heavy (non-hydrogen) atoms. The Morgan fingerprint density at radius 2 is 1.65 bits per heavy atom. The first kappa shape index (κ1) is 15.5. The summed E-state index contributed by atoms with van der Waals surface area (Å²) in [5.41, 5.74) is 1.43. The Morgan fingerprint density at radius 1 is 1.05 bits per heavy atom. The summed E-state index contributed by atoms with van der Waals surface area (Å²) < 4.78 is 0. The summed E-state index contributed by atoms with van der Waals surface area (Å²) in [7, 11) is 4.46. The molecule has 1 heterocycles. The van der Waals surface area contributed by atoms with Crippen molar-refractivity contribution in [3.63, 3.8) is 0 Å². The van der Waals surface area contributed by atoms with E-state index in [1.807, 2.05) is 0 Å².